The molecule has 8 heteroatoms. The number of aromatic nitrogens is 3. The van der Waals surface area contributed by atoms with Gasteiger partial charge >= 0.3 is 0 Å². The highest BCUT2D eigenvalue weighted by atomic mass is 32.1. The number of carbonyl (C=O) groups excluding carboxylic acids is 1. The van der Waals surface area contributed by atoms with Crippen LogP contribution in [-0.2, 0) is 4.79 Å². The molecular weight excluding hydrogens is 330 g/mol. The number of pyridine rings is 1. The number of nitrogens with zero attached hydrogens (tertiary/aromatic N) is 5. The Morgan fingerprint density at radius 1 is 1.04 bits per heavy atom. The number of anilines is 4. The average Bonchev–Trinajstić information content (AvgIpc) is 3.31. The van der Waals surface area contributed by atoms with E-state index in [4.69, 9.17) is 0 Å². The molecule has 4 heterocycles. The first-order chi connectivity index (χ1) is 11.3. The first-order valence-electron chi connectivity index (χ1n) is 7.18. The third kappa shape index (κ3) is 2.71. The summed E-state index contributed by atoms with van der Waals surface area (Å²) in [4.78, 5) is 28.8. The zero-order valence-electron chi connectivity index (χ0n) is 12.1. The summed E-state index contributed by atoms with van der Waals surface area (Å²) in [5, 5.41) is 5.48. The van der Waals surface area contributed by atoms with Crippen molar-refractivity contribution >= 4 is 50.3 Å². The van der Waals surface area contributed by atoms with Crippen molar-refractivity contribution in [1.29, 1.82) is 0 Å². The summed E-state index contributed by atoms with van der Waals surface area (Å²) in [5.41, 5.74) is 0.842. The third-order valence-corrected chi connectivity index (χ3v) is 5.08. The molecule has 0 radical (unpaired) electrons. The van der Waals surface area contributed by atoms with E-state index in [0.29, 0.717) is 6.42 Å². The Balaban J connectivity index is 1.68. The molecule has 23 heavy (non-hydrogen) atoms. The fraction of sp³-hybridized carbons (Fsp3) is 0.200. The first kappa shape index (κ1) is 14.3. The van der Waals surface area contributed by atoms with Crippen molar-refractivity contribution in [2.45, 2.75) is 12.8 Å². The smallest absolute Gasteiger partial charge is 0.227 e. The number of amides is 1. The molecule has 0 atom stereocenters. The standard InChI is InChI=1S/C15H13N5OS2/c21-13-2-1-7-19(13)11-3-4-12(18-10-11)20(14-16-5-8-22-14)15-17-6-9-23-15/h3-6,8-10H,1-2,7H2. The predicted molar refractivity (Wildman–Crippen MR) is 91.9 cm³/mol. The van der Waals surface area contributed by atoms with Crippen molar-refractivity contribution in [3.63, 3.8) is 0 Å². The van der Waals surface area contributed by atoms with E-state index in [2.05, 4.69) is 15.0 Å². The lowest BCUT2D eigenvalue weighted by atomic mass is 10.3. The van der Waals surface area contributed by atoms with Gasteiger partial charge in [0, 0.05) is 36.1 Å². The second kappa shape index (κ2) is 6.05. The Morgan fingerprint density at radius 2 is 1.78 bits per heavy atom. The molecule has 0 bridgehead atoms. The van der Waals surface area contributed by atoms with Crippen molar-refractivity contribution in [2.24, 2.45) is 0 Å². The Bertz CT molecular complexity index is 752. The molecule has 3 aromatic rings. The van der Waals surface area contributed by atoms with E-state index in [0.717, 1.165) is 34.7 Å². The molecule has 1 amide bonds. The molecule has 0 saturated carbocycles. The molecule has 0 N–H and O–H groups in total. The van der Waals surface area contributed by atoms with Crippen LogP contribution in [0, 0.1) is 0 Å². The van der Waals surface area contributed by atoms with Gasteiger partial charge in [-0.15, -0.1) is 22.7 Å². The second-order valence-electron chi connectivity index (χ2n) is 4.99. The lowest BCUT2D eigenvalue weighted by Gasteiger charge is -2.19. The fourth-order valence-electron chi connectivity index (χ4n) is 2.52. The lowest BCUT2D eigenvalue weighted by molar-refractivity contribution is -0.117. The van der Waals surface area contributed by atoms with Crippen molar-refractivity contribution < 1.29 is 4.79 Å². The zero-order valence-corrected chi connectivity index (χ0v) is 13.8. The largest absolute Gasteiger partial charge is 0.311 e. The topological polar surface area (TPSA) is 62.2 Å². The average molecular weight is 343 g/mol. The normalized spacial score (nSPS) is 14.4. The van der Waals surface area contributed by atoms with E-state index < -0.39 is 0 Å². The minimum atomic E-state index is 0.163. The molecule has 1 fully saturated rings. The molecule has 0 aliphatic carbocycles. The maximum absolute atomic E-state index is 11.8. The van der Waals surface area contributed by atoms with Crippen LogP contribution in [0.5, 0.6) is 0 Å². The summed E-state index contributed by atoms with van der Waals surface area (Å²) in [6.07, 6.45) is 6.79. The SMILES string of the molecule is O=C1CCCN1c1ccc(N(c2nccs2)c2nccs2)nc1. The minimum absolute atomic E-state index is 0.163. The molecule has 4 rings (SSSR count). The molecule has 0 aromatic carbocycles. The molecular formula is C15H13N5OS2. The van der Waals surface area contributed by atoms with Crippen LogP contribution >= 0.6 is 22.7 Å². The van der Waals surface area contributed by atoms with Crippen LogP contribution in [0.4, 0.5) is 21.8 Å². The van der Waals surface area contributed by atoms with Gasteiger partial charge in [-0.1, -0.05) is 0 Å². The molecule has 1 aliphatic heterocycles. The summed E-state index contributed by atoms with van der Waals surface area (Å²) in [7, 11) is 0. The van der Waals surface area contributed by atoms with Crippen LogP contribution in [0.1, 0.15) is 12.8 Å². The van der Waals surface area contributed by atoms with E-state index in [1.165, 1.54) is 22.7 Å². The fourth-order valence-corrected chi connectivity index (χ4v) is 3.88. The molecule has 6 nitrogen and oxygen atoms in total. The summed E-state index contributed by atoms with van der Waals surface area (Å²) in [6, 6.07) is 3.84. The van der Waals surface area contributed by atoms with Crippen LogP contribution in [0.15, 0.2) is 41.5 Å². The maximum Gasteiger partial charge on any atom is 0.227 e. The lowest BCUT2D eigenvalue weighted by Crippen LogP contribution is -2.23. The van der Waals surface area contributed by atoms with Crippen molar-refractivity contribution in [2.75, 3.05) is 16.3 Å². The van der Waals surface area contributed by atoms with Gasteiger partial charge in [-0.25, -0.2) is 19.9 Å². The molecule has 3 aromatic heterocycles. The Labute approximate surface area is 141 Å². The Hall–Kier alpha value is -2.32. The summed E-state index contributed by atoms with van der Waals surface area (Å²) >= 11 is 3.06. The van der Waals surface area contributed by atoms with Gasteiger partial charge in [0.15, 0.2) is 10.3 Å². The van der Waals surface area contributed by atoms with E-state index in [1.54, 1.807) is 23.5 Å². The van der Waals surface area contributed by atoms with E-state index >= 15 is 0 Å². The van der Waals surface area contributed by atoms with Gasteiger partial charge in [-0.2, -0.15) is 0 Å². The number of thiazole rings is 2. The first-order valence-corrected chi connectivity index (χ1v) is 8.94. The van der Waals surface area contributed by atoms with Gasteiger partial charge in [0.05, 0.1) is 11.9 Å². The minimum Gasteiger partial charge on any atom is -0.311 e. The Kier molecular flexibility index (Phi) is 3.76. The summed E-state index contributed by atoms with van der Waals surface area (Å²) in [6.45, 7) is 0.766. The van der Waals surface area contributed by atoms with Gasteiger partial charge in [0.1, 0.15) is 5.82 Å². The van der Waals surface area contributed by atoms with Gasteiger partial charge in [-0.3, -0.25) is 4.79 Å². The third-order valence-electron chi connectivity index (χ3n) is 3.57. The number of hydrogen-bond donors (Lipinski definition) is 0. The zero-order chi connectivity index (χ0) is 15.6. The van der Waals surface area contributed by atoms with E-state index in [1.807, 2.05) is 27.8 Å². The highest BCUT2D eigenvalue weighted by molar-refractivity contribution is 7.16. The number of carbonyl (C=O) groups is 1. The monoisotopic (exact) mass is 343 g/mol. The maximum atomic E-state index is 11.8. The van der Waals surface area contributed by atoms with Crippen molar-refractivity contribution in [3.8, 4) is 0 Å². The molecule has 0 unspecified atom stereocenters. The van der Waals surface area contributed by atoms with E-state index in [-0.39, 0.29) is 5.91 Å². The quantitative estimate of drug-likeness (QED) is 0.724. The van der Waals surface area contributed by atoms with Gasteiger partial charge in [-0.05, 0) is 18.6 Å². The number of rotatable bonds is 4. The van der Waals surface area contributed by atoms with Gasteiger partial charge in [0.25, 0.3) is 0 Å². The van der Waals surface area contributed by atoms with Gasteiger partial charge in [0.2, 0.25) is 5.91 Å². The Morgan fingerprint density at radius 3 is 2.26 bits per heavy atom. The molecule has 116 valence electrons. The van der Waals surface area contributed by atoms with Crippen LogP contribution in [0.25, 0.3) is 0 Å². The molecule has 1 aliphatic rings. The van der Waals surface area contributed by atoms with Crippen LogP contribution in [0.3, 0.4) is 0 Å². The summed E-state index contributed by atoms with van der Waals surface area (Å²) in [5.74, 6) is 0.904. The predicted octanol–water partition coefficient (Wildman–Crippen LogP) is 3.59. The van der Waals surface area contributed by atoms with Crippen LogP contribution in [-0.4, -0.2) is 27.4 Å². The van der Waals surface area contributed by atoms with Crippen molar-refractivity contribution in [3.05, 3.63) is 41.5 Å². The molecule has 1 saturated heterocycles. The highest BCUT2D eigenvalue weighted by Crippen LogP contribution is 2.36. The van der Waals surface area contributed by atoms with Gasteiger partial charge < -0.3 is 4.90 Å². The van der Waals surface area contributed by atoms with Crippen molar-refractivity contribution in [1.82, 2.24) is 15.0 Å². The van der Waals surface area contributed by atoms with Crippen LogP contribution < -0.4 is 9.80 Å². The van der Waals surface area contributed by atoms with E-state index in [9.17, 15) is 4.79 Å². The second-order valence-corrected chi connectivity index (χ2v) is 6.73. The summed E-state index contributed by atoms with van der Waals surface area (Å²) < 4.78 is 0. The van der Waals surface area contributed by atoms with Crippen LogP contribution in [0.2, 0.25) is 0 Å². The highest BCUT2D eigenvalue weighted by Gasteiger charge is 2.23. The number of hydrogen-bond acceptors (Lipinski definition) is 7. The molecule has 0 spiro atoms.